The molecule has 0 saturated heterocycles. The Morgan fingerprint density at radius 2 is 1.95 bits per heavy atom. The second-order valence-electron chi connectivity index (χ2n) is 6.48. The normalized spacial score (nSPS) is 11.7. The van der Waals surface area contributed by atoms with Crippen LogP contribution >= 0.6 is 0 Å². The van der Waals surface area contributed by atoms with Crippen molar-refractivity contribution in [3.63, 3.8) is 0 Å². The first kappa shape index (κ1) is 15.5. The van der Waals surface area contributed by atoms with Gasteiger partial charge in [-0.2, -0.15) is 0 Å². The van der Waals surface area contributed by atoms with Gasteiger partial charge in [-0.1, -0.05) is 26.8 Å². The number of carbonyl (C=O) groups is 1. The summed E-state index contributed by atoms with van der Waals surface area (Å²) in [6.45, 7) is 8.58. The van der Waals surface area contributed by atoms with Crippen LogP contribution in [0.2, 0.25) is 0 Å². The first-order valence-electron chi connectivity index (χ1n) is 7.29. The van der Waals surface area contributed by atoms with Gasteiger partial charge in [0.25, 0.3) is 0 Å². The molecule has 1 aromatic heterocycles. The van der Waals surface area contributed by atoms with E-state index in [9.17, 15) is 4.79 Å². The lowest BCUT2D eigenvalue weighted by molar-refractivity contribution is -0.140. The number of methoxy groups -OCH3 is 1. The molecule has 1 heterocycles. The summed E-state index contributed by atoms with van der Waals surface area (Å²) >= 11 is 0. The van der Waals surface area contributed by atoms with Gasteiger partial charge in [0.15, 0.2) is 0 Å². The van der Waals surface area contributed by atoms with Crippen LogP contribution in [0, 0.1) is 6.92 Å². The Morgan fingerprint density at radius 3 is 2.57 bits per heavy atom. The highest BCUT2D eigenvalue weighted by Crippen LogP contribution is 2.28. The molecule has 2 rings (SSSR count). The molecule has 0 aliphatic rings. The number of esters is 1. The highest BCUT2D eigenvalue weighted by molar-refractivity contribution is 5.84. The van der Waals surface area contributed by atoms with Gasteiger partial charge in [0.1, 0.15) is 0 Å². The molecule has 0 bridgehead atoms. The second kappa shape index (κ2) is 5.84. The first-order chi connectivity index (χ1) is 9.81. The van der Waals surface area contributed by atoms with Gasteiger partial charge < -0.3 is 4.74 Å². The average Bonchev–Trinajstić information content (AvgIpc) is 2.42. The van der Waals surface area contributed by atoms with Crippen LogP contribution < -0.4 is 0 Å². The summed E-state index contributed by atoms with van der Waals surface area (Å²) in [5.41, 5.74) is 4.50. The topological polar surface area (TPSA) is 39.2 Å². The number of carbonyl (C=O) groups excluding carboxylic acids is 1. The highest BCUT2D eigenvalue weighted by Gasteiger charge is 2.15. The van der Waals surface area contributed by atoms with Gasteiger partial charge in [0, 0.05) is 17.5 Å². The molecule has 0 N–H and O–H groups in total. The van der Waals surface area contributed by atoms with Crippen molar-refractivity contribution in [1.82, 2.24) is 4.98 Å². The van der Waals surface area contributed by atoms with Gasteiger partial charge in [0.2, 0.25) is 0 Å². The van der Waals surface area contributed by atoms with Crippen LogP contribution in [0.25, 0.3) is 10.9 Å². The summed E-state index contributed by atoms with van der Waals surface area (Å²) in [5, 5.41) is 1.14. The molecule has 2 aromatic rings. The summed E-state index contributed by atoms with van der Waals surface area (Å²) in [7, 11) is 1.43. The third-order valence-electron chi connectivity index (χ3n) is 3.71. The molecule has 0 spiro atoms. The van der Waals surface area contributed by atoms with Crippen LogP contribution in [0.15, 0.2) is 24.3 Å². The minimum Gasteiger partial charge on any atom is -0.469 e. The van der Waals surface area contributed by atoms with Crippen LogP contribution in [0.4, 0.5) is 0 Å². The molecule has 0 atom stereocenters. The smallest absolute Gasteiger partial charge is 0.305 e. The van der Waals surface area contributed by atoms with Crippen LogP contribution in [0.5, 0.6) is 0 Å². The van der Waals surface area contributed by atoms with Crippen molar-refractivity contribution >= 4 is 16.9 Å². The fraction of sp³-hybridized carbons (Fsp3) is 0.444. The summed E-state index contributed by atoms with van der Waals surface area (Å²) in [4.78, 5) is 16.0. The molecule has 1 aromatic carbocycles. The van der Waals surface area contributed by atoms with E-state index in [0.717, 1.165) is 22.2 Å². The van der Waals surface area contributed by atoms with E-state index in [0.29, 0.717) is 12.8 Å². The van der Waals surface area contributed by atoms with Crippen molar-refractivity contribution in [3.8, 4) is 0 Å². The standard InChI is InChI=1S/C18H23NO2/c1-12-10-13(6-9-17(20)21-5)15-11-14(18(2,3)4)7-8-16(15)19-12/h7-8,10-11H,6,9H2,1-5H3. The average molecular weight is 285 g/mol. The highest BCUT2D eigenvalue weighted by atomic mass is 16.5. The minimum atomic E-state index is -0.176. The number of nitrogens with zero attached hydrogens (tertiary/aromatic N) is 1. The Morgan fingerprint density at radius 1 is 1.24 bits per heavy atom. The van der Waals surface area contributed by atoms with Crippen molar-refractivity contribution in [3.05, 3.63) is 41.1 Å². The molecule has 0 fully saturated rings. The summed E-state index contributed by atoms with van der Waals surface area (Å²) in [6.07, 6.45) is 1.08. The largest absolute Gasteiger partial charge is 0.469 e. The molecular formula is C18H23NO2. The summed E-state index contributed by atoms with van der Waals surface area (Å²) in [5.74, 6) is -0.176. The van der Waals surface area contributed by atoms with Gasteiger partial charge in [-0.15, -0.1) is 0 Å². The van der Waals surface area contributed by atoms with E-state index in [4.69, 9.17) is 4.74 Å². The third kappa shape index (κ3) is 3.60. The van der Waals surface area contributed by atoms with Crippen molar-refractivity contribution in [2.75, 3.05) is 7.11 Å². The minimum absolute atomic E-state index is 0.0959. The zero-order valence-electron chi connectivity index (χ0n) is 13.5. The maximum absolute atomic E-state index is 11.4. The Labute approximate surface area is 126 Å². The fourth-order valence-electron chi connectivity index (χ4n) is 2.46. The predicted octanol–water partition coefficient (Wildman–Crippen LogP) is 3.95. The van der Waals surface area contributed by atoms with E-state index in [2.05, 4.69) is 50.0 Å². The van der Waals surface area contributed by atoms with Crippen LogP contribution in [0.3, 0.4) is 0 Å². The van der Waals surface area contributed by atoms with Gasteiger partial charge in [0.05, 0.1) is 12.6 Å². The number of fused-ring (bicyclic) bond motifs is 1. The number of aryl methyl sites for hydroxylation is 2. The number of hydrogen-bond donors (Lipinski definition) is 0. The Bertz CT molecular complexity index is 669. The zero-order valence-corrected chi connectivity index (χ0v) is 13.5. The summed E-state index contributed by atoms with van der Waals surface area (Å²) < 4.78 is 4.74. The van der Waals surface area contributed by atoms with Crippen molar-refractivity contribution in [1.29, 1.82) is 0 Å². The van der Waals surface area contributed by atoms with Crippen molar-refractivity contribution in [2.45, 2.75) is 46.0 Å². The number of rotatable bonds is 3. The summed E-state index contributed by atoms with van der Waals surface area (Å²) in [6, 6.07) is 8.48. The van der Waals surface area contributed by atoms with Crippen LogP contribution in [-0.4, -0.2) is 18.1 Å². The molecule has 3 nitrogen and oxygen atoms in total. The molecule has 0 aliphatic carbocycles. The van der Waals surface area contributed by atoms with Gasteiger partial charge in [-0.05, 0) is 48.1 Å². The maximum Gasteiger partial charge on any atom is 0.305 e. The number of benzene rings is 1. The van der Waals surface area contributed by atoms with E-state index in [1.807, 2.05) is 6.92 Å². The van der Waals surface area contributed by atoms with Gasteiger partial charge in [-0.25, -0.2) is 0 Å². The molecule has 3 heteroatoms. The Hall–Kier alpha value is -1.90. The van der Waals surface area contributed by atoms with Crippen LogP contribution in [-0.2, 0) is 21.4 Å². The second-order valence-corrected chi connectivity index (χ2v) is 6.48. The molecule has 0 radical (unpaired) electrons. The molecule has 0 amide bonds. The molecule has 21 heavy (non-hydrogen) atoms. The zero-order chi connectivity index (χ0) is 15.6. The van der Waals surface area contributed by atoms with E-state index in [-0.39, 0.29) is 11.4 Å². The van der Waals surface area contributed by atoms with Gasteiger partial charge >= 0.3 is 5.97 Å². The van der Waals surface area contributed by atoms with Crippen LogP contribution in [0.1, 0.15) is 44.0 Å². The lowest BCUT2D eigenvalue weighted by Crippen LogP contribution is -2.11. The van der Waals surface area contributed by atoms with Crippen molar-refractivity contribution in [2.24, 2.45) is 0 Å². The van der Waals surface area contributed by atoms with Crippen molar-refractivity contribution < 1.29 is 9.53 Å². The molecule has 0 unspecified atom stereocenters. The monoisotopic (exact) mass is 285 g/mol. The third-order valence-corrected chi connectivity index (χ3v) is 3.71. The SMILES string of the molecule is COC(=O)CCc1cc(C)nc2ccc(C(C)(C)C)cc12. The maximum atomic E-state index is 11.4. The number of hydrogen-bond acceptors (Lipinski definition) is 3. The number of pyridine rings is 1. The fourth-order valence-corrected chi connectivity index (χ4v) is 2.46. The Kier molecular flexibility index (Phi) is 4.31. The molecular weight excluding hydrogens is 262 g/mol. The lowest BCUT2D eigenvalue weighted by Gasteiger charge is -2.20. The van der Waals surface area contributed by atoms with Gasteiger partial charge in [-0.3, -0.25) is 9.78 Å². The Balaban J connectivity index is 2.49. The first-order valence-corrected chi connectivity index (χ1v) is 7.29. The molecule has 0 aliphatic heterocycles. The van der Waals surface area contributed by atoms with E-state index in [1.165, 1.54) is 12.7 Å². The van der Waals surface area contributed by atoms with E-state index in [1.54, 1.807) is 0 Å². The number of ether oxygens (including phenoxy) is 1. The molecule has 0 saturated carbocycles. The van der Waals surface area contributed by atoms with E-state index < -0.39 is 0 Å². The quantitative estimate of drug-likeness (QED) is 0.802. The lowest BCUT2D eigenvalue weighted by atomic mass is 9.85. The number of aromatic nitrogens is 1. The van der Waals surface area contributed by atoms with E-state index >= 15 is 0 Å². The predicted molar refractivity (Wildman–Crippen MR) is 85.5 cm³/mol. The molecule has 112 valence electrons.